The monoisotopic (exact) mass is 263 g/mol. The van der Waals surface area contributed by atoms with Crippen molar-refractivity contribution in [2.45, 2.75) is 12.8 Å². The molecular weight excluding hydrogens is 254 g/mol. The van der Waals surface area contributed by atoms with Gasteiger partial charge in [0.2, 0.25) is 0 Å². The van der Waals surface area contributed by atoms with E-state index in [9.17, 15) is 4.79 Å². The molecule has 0 unspecified atom stereocenters. The normalized spacial score (nSPS) is 9.92. The highest BCUT2D eigenvalue weighted by atomic mass is 79.9. The van der Waals surface area contributed by atoms with E-state index in [-0.39, 0.29) is 6.42 Å². The van der Waals surface area contributed by atoms with Crippen LogP contribution in [-0.2, 0) is 4.79 Å². The molecule has 5 heteroatoms. The molecule has 1 aromatic heterocycles. The summed E-state index contributed by atoms with van der Waals surface area (Å²) in [4.78, 5) is 10.2. The second kappa shape index (κ2) is 5.24. The molecule has 0 fully saturated rings. The zero-order chi connectivity index (χ0) is 9.68. The van der Waals surface area contributed by atoms with Crippen molar-refractivity contribution >= 4 is 38.2 Å². The van der Waals surface area contributed by atoms with Crippen LogP contribution in [0, 0.1) is 0 Å². The zero-order valence-electron chi connectivity index (χ0n) is 6.92. The summed E-state index contributed by atoms with van der Waals surface area (Å²) >= 11 is 4.94. The molecule has 0 saturated heterocycles. The van der Waals surface area contributed by atoms with Crippen molar-refractivity contribution in [3.8, 4) is 0 Å². The van der Waals surface area contributed by atoms with Crippen molar-refractivity contribution in [3.05, 3.63) is 15.9 Å². The number of thiophene rings is 1. The van der Waals surface area contributed by atoms with Crippen molar-refractivity contribution in [1.29, 1.82) is 0 Å². The molecule has 0 aliphatic heterocycles. The van der Waals surface area contributed by atoms with Crippen LogP contribution in [0.4, 0.5) is 5.00 Å². The van der Waals surface area contributed by atoms with Crippen LogP contribution >= 0.6 is 27.3 Å². The van der Waals surface area contributed by atoms with E-state index in [2.05, 4.69) is 21.2 Å². The second-order valence-corrected chi connectivity index (χ2v) is 4.38. The fourth-order valence-electron chi connectivity index (χ4n) is 0.857. The van der Waals surface area contributed by atoms with Gasteiger partial charge in [0, 0.05) is 22.8 Å². The van der Waals surface area contributed by atoms with Crippen molar-refractivity contribution in [3.63, 3.8) is 0 Å². The van der Waals surface area contributed by atoms with Crippen LogP contribution in [0.25, 0.3) is 0 Å². The Kier molecular flexibility index (Phi) is 4.24. The molecular formula is C8H10BrNO2S. The Hall–Kier alpha value is -0.550. The van der Waals surface area contributed by atoms with Crippen LogP contribution < -0.4 is 5.32 Å². The van der Waals surface area contributed by atoms with E-state index in [1.54, 1.807) is 11.3 Å². The molecule has 0 spiro atoms. The number of aliphatic carboxylic acids is 1. The third-order valence-corrected chi connectivity index (χ3v) is 3.08. The van der Waals surface area contributed by atoms with Crippen LogP contribution in [0.15, 0.2) is 15.9 Å². The SMILES string of the molecule is O=C(O)CCCNc1cc(Br)cs1. The highest BCUT2D eigenvalue weighted by Crippen LogP contribution is 2.24. The topological polar surface area (TPSA) is 49.3 Å². The molecule has 0 aliphatic rings. The average molecular weight is 264 g/mol. The van der Waals surface area contributed by atoms with Gasteiger partial charge in [-0.15, -0.1) is 11.3 Å². The Morgan fingerprint density at radius 3 is 3.00 bits per heavy atom. The molecule has 1 heterocycles. The molecule has 0 aromatic carbocycles. The summed E-state index contributed by atoms with van der Waals surface area (Å²) in [5.41, 5.74) is 0. The van der Waals surface area contributed by atoms with E-state index < -0.39 is 5.97 Å². The maximum atomic E-state index is 10.2. The molecule has 1 rings (SSSR count). The molecule has 0 radical (unpaired) electrons. The Morgan fingerprint density at radius 2 is 2.46 bits per heavy atom. The number of carboxylic acid groups (broad SMARTS) is 1. The third kappa shape index (κ3) is 4.28. The quantitative estimate of drug-likeness (QED) is 0.804. The first-order valence-electron chi connectivity index (χ1n) is 3.88. The minimum Gasteiger partial charge on any atom is -0.481 e. The first kappa shape index (κ1) is 10.5. The summed E-state index contributed by atoms with van der Waals surface area (Å²) in [5.74, 6) is -0.742. The van der Waals surface area contributed by atoms with E-state index in [1.165, 1.54) is 0 Å². The molecule has 2 N–H and O–H groups in total. The number of hydrogen-bond donors (Lipinski definition) is 2. The van der Waals surface area contributed by atoms with E-state index in [1.807, 2.05) is 11.4 Å². The van der Waals surface area contributed by atoms with Gasteiger partial charge in [-0.05, 0) is 28.4 Å². The lowest BCUT2D eigenvalue weighted by molar-refractivity contribution is -0.137. The molecule has 0 amide bonds. The predicted molar refractivity (Wildman–Crippen MR) is 57.4 cm³/mol. The zero-order valence-corrected chi connectivity index (χ0v) is 9.32. The lowest BCUT2D eigenvalue weighted by atomic mass is 10.3. The summed E-state index contributed by atoms with van der Waals surface area (Å²) in [7, 11) is 0. The van der Waals surface area contributed by atoms with Gasteiger partial charge in [0.15, 0.2) is 0 Å². The maximum absolute atomic E-state index is 10.2. The van der Waals surface area contributed by atoms with E-state index in [0.29, 0.717) is 13.0 Å². The largest absolute Gasteiger partial charge is 0.481 e. The van der Waals surface area contributed by atoms with Crippen LogP contribution in [0.3, 0.4) is 0 Å². The molecule has 0 saturated carbocycles. The molecule has 72 valence electrons. The lowest BCUT2D eigenvalue weighted by Gasteiger charge is -2.00. The molecule has 3 nitrogen and oxygen atoms in total. The first-order valence-corrected chi connectivity index (χ1v) is 5.55. The summed E-state index contributed by atoms with van der Waals surface area (Å²) < 4.78 is 1.05. The standard InChI is InChI=1S/C8H10BrNO2S/c9-6-4-7(13-5-6)10-3-1-2-8(11)12/h4-5,10H,1-3H2,(H,11,12). The number of rotatable bonds is 5. The minimum atomic E-state index is -0.742. The van der Waals surface area contributed by atoms with Crippen LogP contribution in [-0.4, -0.2) is 17.6 Å². The predicted octanol–water partition coefficient (Wildman–Crippen LogP) is 2.79. The number of carbonyl (C=O) groups is 1. The van der Waals surface area contributed by atoms with Gasteiger partial charge in [-0.2, -0.15) is 0 Å². The fraction of sp³-hybridized carbons (Fsp3) is 0.375. The summed E-state index contributed by atoms with van der Waals surface area (Å²) in [6, 6.07) is 1.98. The maximum Gasteiger partial charge on any atom is 0.303 e. The highest BCUT2D eigenvalue weighted by molar-refractivity contribution is 9.10. The van der Waals surface area contributed by atoms with Crippen LogP contribution in [0.1, 0.15) is 12.8 Å². The molecule has 0 atom stereocenters. The number of carboxylic acids is 1. The Labute approximate surface area is 88.9 Å². The number of nitrogens with one attached hydrogen (secondary N) is 1. The number of hydrogen-bond acceptors (Lipinski definition) is 3. The average Bonchev–Trinajstić information content (AvgIpc) is 2.45. The van der Waals surface area contributed by atoms with Gasteiger partial charge in [0.1, 0.15) is 0 Å². The van der Waals surface area contributed by atoms with Crippen molar-refractivity contribution in [1.82, 2.24) is 0 Å². The van der Waals surface area contributed by atoms with Gasteiger partial charge in [-0.3, -0.25) is 4.79 Å². The lowest BCUT2D eigenvalue weighted by Crippen LogP contribution is -2.03. The molecule has 13 heavy (non-hydrogen) atoms. The smallest absolute Gasteiger partial charge is 0.303 e. The van der Waals surface area contributed by atoms with Crippen LogP contribution in [0.5, 0.6) is 0 Å². The Morgan fingerprint density at radius 1 is 1.69 bits per heavy atom. The van der Waals surface area contributed by atoms with Crippen molar-refractivity contribution in [2.75, 3.05) is 11.9 Å². The Bertz CT molecular complexity index is 287. The highest BCUT2D eigenvalue weighted by Gasteiger charge is 1.98. The van der Waals surface area contributed by atoms with Gasteiger partial charge >= 0.3 is 5.97 Å². The molecule has 0 aliphatic carbocycles. The third-order valence-electron chi connectivity index (χ3n) is 1.43. The van der Waals surface area contributed by atoms with Crippen molar-refractivity contribution in [2.24, 2.45) is 0 Å². The number of anilines is 1. The number of halogens is 1. The summed E-state index contributed by atoms with van der Waals surface area (Å²) in [6.45, 7) is 0.708. The fourth-order valence-corrected chi connectivity index (χ4v) is 2.21. The molecule has 0 bridgehead atoms. The first-order chi connectivity index (χ1) is 6.18. The minimum absolute atomic E-state index is 0.222. The van der Waals surface area contributed by atoms with E-state index >= 15 is 0 Å². The van der Waals surface area contributed by atoms with Gasteiger partial charge in [0.25, 0.3) is 0 Å². The van der Waals surface area contributed by atoms with Gasteiger partial charge in [-0.25, -0.2) is 0 Å². The van der Waals surface area contributed by atoms with E-state index in [4.69, 9.17) is 5.11 Å². The van der Waals surface area contributed by atoms with Gasteiger partial charge in [0.05, 0.1) is 5.00 Å². The summed E-state index contributed by atoms with van der Waals surface area (Å²) in [6.07, 6.45) is 0.879. The van der Waals surface area contributed by atoms with Gasteiger partial charge in [-0.1, -0.05) is 0 Å². The van der Waals surface area contributed by atoms with E-state index in [0.717, 1.165) is 9.47 Å². The summed E-state index contributed by atoms with van der Waals surface area (Å²) in [5, 5.41) is 14.6. The van der Waals surface area contributed by atoms with Gasteiger partial charge < -0.3 is 10.4 Å². The Balaban J connectivity index is 2.16. The van der Waals surface area contributed by atoms with Crippen molar-refractivity contribution < 1.29 is 9.90 Å². The molecule has 1 aromatic rings. The second-order valence-electron chi connectivity index (χ2n) is 2.55. The van der Waals surface area contributed by atoms with Crippen LogP contribution in [0.2, 0.25) is 0 Å².